The molecule has 0 spiro atoms. The zero-order valence-corrected chi connectivity index (χ0v) is 14.3. The zero-order chi connectivity index (χ0) is 17.1. The average Bonchev–Trinajstić information content (AvgIpc) is 2.96. The monoisotopic (exact) mass is 327 g/mol. The summed E-state index contributed by atoms with van der Waals surface area (Å²) < 4.78 is 12.5. The summed E-state index contributed by atoms with van der Waals surface area (Å²) in [6, 6.07) is 5.84. The van der Waals surface area contributed by atoms with Crippen molar-refractivity contribution in [3.05, 3.63) is 35.8 Å². The summed E-state index contributed by atoms with van der Waals surface area (Å²) in [5, 5.41) is 7.88. The Kier molecular flexibility index (Phi) is 4.50. The largest absolute Gasteiger partial charge is 0.493 e. The van der Waals surface area contributed by atoms with Gasteiger partial charge in [0.05, 0.1) is 19.9 Å². The fraction of sp³-hybridized carbons (Fsp3) is 0.353. The van der Waals surface area contributed by atoms with Crippen molar-refractivity contribution >= 4 is 16.9 Å². The van der Waals surface area contributed by atoms with E-state index < -0.39 is 0 Å². The fourth-order valence-corrected chi connectivity index (χ4v) is 2.70. The van der Waals surface area contributed by atoms with Gasteiger partial charge in [-0.3, -0.25) is 4.68 Å². The van der Waals surface area contributed by atoms with Crippen LogP contribution in [0.5, 0.6) is 11.5 Å². The molecule has 0 unspecified atom stereocenters. The van der Waals surface area contributed by atoms with Gasteiger partial charge in [-0.25, -0.2) is 9.97 Å². The van der Waals surface area contributed by atoms with Gasteiger partial charge in [0.25, 0.3) is 0 Å². The van der Waals surface area contributed by atoms with E-state index >= 15 is 0 Å². The lowest BCUT2D eigenvalue weighted by atomic mass is 10.2. The molecule has 24 heavy (non-hydrogen) atoms. The number of rotatable bonds is 6. The molecule has 0 atom stereocenters. The molecule has 0 radical (unpaired) electrons. The van der Waals surface area contributed by atoms with Gasteiger partial charge in [0, 0.05) is 13.1 Å². The molecule has 0 aliphatic heterocycles. The summed E-state index contributed by atoms with van der Waals surface area (Å²) in [6.07, 6.45) is 1.56. The lowest BCUT2D eigenvalue weighted by Crippen LogP contribution is -2.06. The molecular weight excluding hydrogens is 306 g/mol. The maximum absolute atomic E-state index is 5.35. The molecule has 2 aromatic heterocycles. The first-order chi connectivity index (χ1) is 11.7. The third-order valence-corrected chi connectivity index (χ3v) is 3.90. The number of hydrogen-bond acceptors (Lipinski definition) is 6. The first-order valence-corrected chi connectivity index (χ1v) is 7.80. The number of fused-ring (bicyclic) bond motifs is 1. The van der Waals surface area contributed by atoms with Crippen LogP contribution in [0, 0.1) is 6.92 Å². The van der Waals surface area contributed by atoms with Crippen molar-refractivity contribution in [2.24, 2.45) is 0 Å². The predicted octanol–water partition coefficient (Wildman–Crippen LogP) is 2.78. The van der Waals surface area contributed by atoms with E-state index in [9.17, 15) is 0 Å². The Morgan fingerprint density at radius 2 is 1.92 bits per heavy atom. The standard InChI is InChI=1S/C17H21N5O2/c1-5-22-16-15(11(2)21-22)19-10-20-17(16)18-9-12-6-7-13(23-3)14(8-12)24-4/h6-8,10H,5,9H2,1-4H3,(H,18,19,20). The maximum atomic E-state index is 5.35. The molecule has 3 aromatic rings. The highest BCUT2D eigenvalue weighted by molar-refractivity contribution is 5.87. The SMILES string of the molecule is CCn1nc(C)c2ncnc(NCc3ccc(OC)c(OC)c3)c21. The molecule has 0 aliphatic rings. The van der Waals surface area contributed by atoms with Gasteiger partial charge in [0.2, 0.25) is 0 Å². The first-order valence-electron chi connectivity index (χ1n) is 7.80. The summed E-state index contributed by atoms with van der Waals surface area (Å²) in [7, 11) is 3.26. The smallest absolute Gasteiger partial charge is 0.161 e. The van der Waals surface area contributed by atoms with Crippen molar-refractivity contribution in [3.63, 3.8) is 0 Å². The number of nitrogens with one attached hydrogen (secondary N) is 1. The van der Waals surface area contributed by atoms with Gasteiger partial charge in [-0.2, -0.15) is 5.10 Å². The Morgan fingerprint density at radius 3 is 2.62 bits per heavy atom. The second kappa shape index (κ2) is 6.74. The minimum absolute atomic E-state index is 0.612. The van der Waals surface area contributed by atoms with Gasteiger partial charge < -0.3 is 14.8 Å². The number of aryl methyl sites for hydroxylation is 2. The molecule has 0 saturated heterocycles. The fourth-order valence-electron chi connectivity index (χ4n) is 2.70. The summed E-state index contributed by atoms with van der Waals surface area (Å²) >= 11 is 0. The van der Waals surface area contributed by atoms with Gasteiger partial charge in [-0.05, 0) is 31.5 Å². The second-order valence-electron chi connectivity index (χ2n) is 5.36. The highest BCUT2D eigenvalue weighted by atomic mass is 16.5. The quantitative estimate of drug-likeness (QED) is 0.750. The van der Waals surface area contributed by atoms with E-state index in [-0.39, 0.29) is 0 Å². The topological polar surface area (TPSA) is 74.1 Å². The summed E-state index contributed by atoms with van der Waals surface area (Å²) in [5.41, 5.74) is 3.78. The van der Waals surface area contributed by atoms with Crippen LogP contribution in [0.15, 0.2) is 24.5 Å². The Balaban J connectivity index is 1.88. The Morgan fingerprint density at radius 1 is 1.12 bits per heavy atom. The van der Waals surface area contributed by atoms with Crippen molar-refractivity contribution in [2.45, 2.75) is 26.9 Å². The molecule has 126 valence electrons. The van der Waals surface area contributed by atoms with E-state index in [4.69, 9.17) is 9.47 Å². The van der Waals surface area contributed by atoms with Crippen LogP contribution in [0.25, 0.3) is 11.0 Å². The van der Waals surface area contributed by atoms with Crippen molar-refractivity contribution in [3.8, 4) is 11.5 Å². The van der Waals surface area contributed by atoms with Gasteiger partial charge in [0.15, 0.2) is 17.3 Å². The number of hydrogen-bond donors (Lipinski definition) is 1. The Hall–Kier alpha value is -2.83. The normalized spacial score (nSPS) is 10.8. The highest BCUT2D eigenvalue weighted by Crippen LogP contribution is 2.28. The van der Waals surface area contributed by atoms with Gasteiger partial charge in [-0.15, -0.1) is 0 Å². The van der Waals surface area contributed by atoms with Gasteiger partial charge in [0.1, 0.15) is 17.4 Å². The lowest BCUT2D eigenvalue weighted by Gasteiger charge is -2.11. The molecule has 7 heteroatoms. The lowest BCUT2D eigenvalue weighted by molar-refractivity contribution is 0.354. The predicted molar refractivity (Wildman–Crippen MR) is 92.6 cm³/mol. The van der Waals surface area contributed by atoms with Gasteiger partial charge in [-0.1, -0.05) is 6.07 Å². The molecule has 1 aromatic carbocycles. The van der Waals surface area contributed by atoms with Crippen molar-refractivity contribution in [2.75, 3.05) is 19.5 Å². The van der Waals surface area contributed by atoms with Crippen molar-refractivity contribution in [1.82, 2.24) is 19.7 Å². The van der Waals surface area contributed by atoms with E-state index in [2.05, 4.69) is 27.3 Å². The van der Waals surface area contributed by atoms with E-state index in [1.807, 2.05) is 29.8 Å². The Labute approximate surface area is 140 Å². The maximum Gasteiger partial charge on any atom is 0.161 e. The van der Waals surface area contributed by atoms with Crippen LogP contribution in [0.3, 0.4) is 0 Å². The van der Waals surface area contributed by atoms with E-state index in [0.717, 1.165) is 34.7 Å². The summed E-state index contributed by atoms with van der Waals surface area (Å²) in [4.78, 5) is 8.73. The minimum atomic E-state index is 0.612. The van der Waals surface area contributed by atoms with Crippen LogP contribution < -0.4 is 14.8 Å². The number of benzene rings is 1. The van der Waals surface area contributed by atoms with E-state index in [0.29, 0.717) is 18.0 Å². The van der Waals surface area contributed by atoms with Crippen molar-refractivity contribution in [1.29, 1.82) is 0 Å². The van der Waals surface area contributed by atoms with Crippen LogP contribution in [0.4, 0.5) is 5.82 Å². The van der Waals surface area contributed by atoms with Crippen molar-refractivity contribution < 1.29 is 9.47 Å². The van der Waals surface area contributed by atoms with Crippen LogP contribution in [-0.4, -0.2) is 34.0 Å². The highest BCUT2D eigenvalue weighted by Gasteiger charge is 2.13. The molecule has 0 saturated carbocycles. The first kappa shape index (κ1) is 16.0. The minimum Gasteiger partial charge on any atom is -0.493 e. The van der Waals surface area contributed by atoms with Crippen LogP contribution in [-0.2, 0) is 13.1 Å². The molecule has 1 N–H and O–H groups in total. The average molecular weight is 327 g/mol. The molecule has 2 heterocycles. The molecule has 3 rings (SSSR count). The second-order valence-corrected chi connectivity index (χ2v) is 5.36. The molecule has 0 amide bonds. The third-order valence-electron chi connectivity index (χ3n) is 3.90. The molecule has 0 fully saturated rings. The number of ether oxygens (including phenoxy) is 2. The number of aromatic nitrogens is 4. The van der Waals surface area contributed by atoms with Crippen LogP contribution in [0.2, 0.25) is 0 Å². The molecule has 7 nitrogen and oxygen atoms in total. The number of anilines is 1. The Bertz CT molecular complexity index is 860. The zero-order valence-electron chi connectivity index (χ0n) is 14.3. The van der Waals surface area contributed by atoms with E-state index in [1.54, 1.807) is 20.5 Å². The van der Waals surface area contributed by atoms with Crippen LogP contribution in [0.1, 0.15) is 18.2 Å². The van der Waals surface area contributed by atoms with E-state index in [1.165, 1.54) is 0 Å². The number of nitrogens with zero attached hydrogens (tertiary/aromatic N) is 4. The molecule has 0 bridgehead atoms. The third kappa shape index (κ3) is 2.84. The number of methoxy groups -OCH3 is 2. The van der Waals surface area contributed by atoms with Crippen LogP contribution >= 0.6 is 0 Å². The summed E-state index contributed by atoms with van der Waals surface area (Å²) in [5.74, 6) is 2.20. The van der Waals surface area contributed by atoms with Gasteiger partial charge >= 0.3 is 0 Å². The molecular formula is C17H21N5O2. The summed E-state index contributed by atoms with van der Waals surface area (Å²) in [6.45, 7) is 5.39. The molecule has 0 aliphatic carbocycles.